The molecule has 1 heterocycles. The van der Waals surface area contributed by atoms with Gasteiger partial charge in [-0.3, -0.25) is 0 Å². The molecule has 0 saturated heterocycles. The predicted octanol–water partition coefficient (Wildman–Crippen LogP) is 5.63. The average molecular weight is 542 g/mol. The van der Waals surface area contributed by atoms with Crippen LogP contribution in [0, 0.1) is 5.82 Å². The van der Waals surface area contributed by atoms with Gasteiger partial charge in [-0.05, 0) is 62.2 Å². The number of hydrogen-bond donors (Lipinski definition) is 0. The zero-order valence-corrected chi connectivity index (χ0v) is 17.9. The Morgan fingerprint density at radius 1 is 1.00 bits per heavy atom. The molecule has 2 aromatic carbocycles. The normalized spacial score (nSPS) is 12.4. The summed E-state index contributed by atoms with van der Waals surface area (Å²) in [5.74, 6) is -1.08. The molecule has 11 heteroatoms. The Morgan fingerprint density at radius 2 is 1.68 bits per heavy atom. The molecule has 0 radical (unpaired) electrons. The smallest absolute Gasteiger partial charge is 0.232 e. The summed E-state index contributed by atoms with van der Waals surface area (Å²) < 4.78 is 79.3. The van der Waals surface area contributed by atoms with Crippen molar-refractivity contribution in [3.8, 4) is 16.9 Å². The first kappa shape index (κ1) is 21.0. The van der Waals surface area contributed by atoms with Crippen molar-refractivity contribution in [3.63, 3.8) is 0 Å². The number of sulfone groups is 1. The highest BCUT2D eigenvalue weighted by molar-refractivity contribution is 9.13. The van der Waals surface area contributed by atoms with Gasteiger partial charge in [-0.15, -0.1) is 0 Å². The summed E-state index contributed by atoms with van der Waals surface area (Å²) in [5, 5.41) is 3.56. The highest BCUT2D eigenvalue weighted by Crippen LogP contribution is 2.35. The lowest BCUT2D eigenvalue weighted by molar-refractivity contribution is -0.141. The largest absolute Gasteiger partial charge is 0.435 e. The van der Waals surface area contributed by atoms with E-state index in [0.29, 0.717) is 14.5 Å². The van der Waals surface area contributed by atoms with Gasteiger partial charge < -0.3 is 0 Å². The summed E-state index contributed by atoms with van der Waals surface area (Å²) in [5.41, 5.74) is -0.749. The van der Waals surface area contributed by atoms with E-state index in [4.69, 9.17) is 0 Å². The molecule has 0 atom stereocenters. The van der Waals surface area contributed by atoms with Crippen molar-refractivity contribution in [2.45, 2.75) is 11.1 Å². The van der Waals surface area contributed by atoms with Gasteiger partial charge in [-0.1, -0.05) is 6.07 Å². The maximum atomic E-state index is 14.3. The molecule has 4 nitrogen and oxygen atoms in total. The van der Waals surface area contributed by atoms with Crippen LogP contribution in [-0.4, -0.2) is 24.5 Å². The first-order chi connectivity index (χ1) is 12.9. The predicted molar refractivity (Wildman–Crippen MR) is 102 cm³/mol. The first-order valence-electron chi connectivity index (χ1n) is 7.50. The molecule has 0 spiro atoms. The third kappa shape index (κ3) is 4.15. The van der Waals surface area contributed by atoms with E-state index in [1.54, 1.807) is 18.2 Å². The Bertz CT molecular complexity index is 1170. The van der Waals surface area contributed by atoms with Crippen molar-refractivity contribution in [2.75, 3.05) is 6.26 Å². The fraction of sp³-hybridized carbons (Fsp3) is 0.118. The van der Waals surface area contributed by atoms with Gasteiger partial charge in [0.15, 0.2) is 15.5 Å². The molecule has 0 aliphatic heterocycles. The van der Waals surface area contributed by atoms with Crippen LogP contribution in [-0.2, 0) is 16.0 Å². The highest BCUT2D eigenvalue weighted by atomic mass is 79.9. The molecular weight excluding hydrogens is 532 g/mol. The van der Waals surface area contributed by atoms with E-state index in [1.165, 1.54) is 6.07 Å². The Labute approximate surface area is 174 Å². The molecule has 0 aliphatic rings. The minimum atomic E-state index is -4.71. The standard InChI is InChI=1S/C17H10Br2F4N2O2S/c1-28(26,27)15-5-3-10(7-13(15)20)25-14(8-16(24-25)17(21,22)23)9-2-4-11(18)12(19)6-9/h2-8H,1H3. The maximum absolute atomic E-state index is 14.3. The summed E-state index contributed by atoms with van der Waals surface area (Å²) in [6.45, 7) is 0. The van der Waals surface area contributed by atoms with Gasteiger partial charge in [-0.2, -0.15) is 18.3 Å². The van der Waals surface area contributed by atoms with Crippen LogP contribution in [0.3, 0.4) is 0 Å². The molecule has 148 valence electrons. The molecule has 0 aliphatic carbocycles. The minimum Gasteiger partial charge on any atom is -0.232 e. The second-order valence-electron chi connectivity index (χ2n) is 5.84. The molecule has 0 bridgehead atoms. The first-order valence-corrected chi connectivity index (χ1v) is 11.0. The van der Waals surface area contributed by atoms with Gasteiger partial charge in [0.2, 0.25) is 0 Å². The average Bonchev–Trinajstić information content (AvgIpc) is 3.01. The molecule has 0 saturated carbocycles. The molecule has 3 aromatic rings. The van der Waals surface area contributed by atoms with Crippen molar-refractivity contribution in [3.05, 3.63) is 62.9 Å². The van der Waals surface area contributed by atoms with Crippen LogP contribution >= 0.6 is 31.9 Å². The Balaban J connectivity index is 2.24. The van der Waals surface area contributed by atoms with Crippen LogP contribution in [0.15, 0.2) is 56.3 Å². The van der Waals surface area contributed by atoms with Crippen LogP contribution in [0.2, 0.25) is 0 Å². The van der Waals surface area contributed by atoms with Gasteiger partial charge in [0.1, 0.15) is 10.7 Å². The van der Waals surface area contributed by atoms with Crippen LogP contribution in [0.1, 0.15) is 5.69 Å². The van der Waals surface area contributed by atoms with Gasteiger partial charge >= 0.3 is 6.18 Å². The third-order valence-corrected chi connectivity index (χ3v) is 6.78. The SMILES string of the molecule is CS(=O)(=O)c1ccc(-n2nc(C(F)(F)F)cc2-c2ccc(Br)c(Br)c2)cc1F. The summed E-state index contributed by atoms with van der Waals surface area (Å²) >= 11 is 6.57. The van der Waals surface area contributed by atoms with Crippen molar-refractivity contribution in [2.24, 2.45) is 0 Å². The molecule has 3 rings (SSSR count). The fourth-order valence-electron chi connectivity index (χ4n) is 2.50. The second kappa shape index (κ2) is 7.27. The lowest BCUT2D eigenvalue weighted by atomic mass is 10.1. The highest BCUT2D eigenvalue weighted by Gasteiger charge is 2.35. The van der Waals surface area contributed by atoms with E-state index in [-0.39, 0.29) is 11.4 Å². The summed E-state index contributed by atoms with van der Waals surface area (Å²) in [4.78, 5) is -0.549. The number of nitrogens with zero attached hydrogens (tertiary/aromatic N) is 2. The van der Waals surface area contributed by atoms with Crippen molar-refractivity contribution >= 4 is 41.7 Å². The fourth-order valence-corrected chi connectivity index (χ4v) is 3.85. The third-order valence-electron chi connectivity index (χ3n) is 3.77. The van der Waals surface area contributed by atoms with E-state index in [2.05, 4.69) is 37.0 Å². The maximum Gasteiger partial charge on any atom is 0.435 e. The van der Waals surface area contributed by atoms with Crippen molar-refractivity contribution in [1.82, 2.24) is 9.78 Å². The molecule has 0 fully saturated rings. The second-order valence-corrected chi connectivity index (χ2v) is 9.53. The van der Waals surface area contributed by atoms with Crippen LogP contribution in [0.25, 0.3) is 16.9 Å². The van der Waals surface area contributed by atoms with Gasteiger partial charge in [0.25, 0.3) is 0 Å². The van der Waals surface area contributed by atoms with E-state index >= 15 is 0 Å². The molecule has 0 unspecified atom stereocenters. The zero-order valence-electron chi connectivity index (χ0n) is 13.9. The molecule has 1 aromatic heterocycles. The Kier molecular flexibility index (Phi) is 5.45. The lowest BCUT2D eigenvalue weighted by Crippen LogP contribution is -2.08. The van der Waals surface area contributed by atoms with Crippen LogP contribution in [0.4, 0.5) is 17.6 Å². The van der Waals surface area contributed by atoms with Crippen LogP contribution in [0.5, 0.6) is 0 Å². The molecular formula is C17H10Br2F4N2O2S. The number of halogens is 6. The Hall–Kier alpha value is -1.72. The van der Waals surface area contributed by atoms with E-state index in [0.717, 1.165) is 29.1 Å². The quantitative estimate of drug-likeness (QED) is 0.404. The zero-order chi connectivity index (χ0) is 20.9. The Morgan fingerprint density at radius 3 is 2.21 bits per heavy atom. The van der Waals surface area contributed by atoms with Gasteiger partial charge in [0, 0.05) is 26.8 Å². The summed E-state index contributed by atoms with van der Waals surface area (Å²) in [6, 6.07) is 8.67. The number of benzene rings is 2. The number of alkyl halides is 3. The van der Waals surface area contributed by atoms with E-state index in [9.17, 15) is 26.0 Å². The molecule has 0 amide bonds. The molecule has 28 heavy (non-hydrogen) atoms. The number of rotatable bonds is 3. The minimum absolute atomic E-state index is 0.0468. The molecule has 0 N–H and O–H groups in total. The van der Waals surface area contributed by atoms with Crippen molar-refractivity contribution in [1.29, 1.82) is 0 Å². The summed E-state index contributed by atoms with van der Waals surface area (Å²) in [6.07, 6.45) is -3.87. The topological polar surface area (TPSA) is 52.0 Å². The van der Waals surface area contributed by atoms with Crippen molar-refractivity contribution < 1.29 is 26.0 Å². The number of hydrogen-bond acceptors (Lipinski definition) is 3. The van der Waals surface area contributed by atoms with E-state index in [1.807, 2.05) is 0 Å². The van der Waals surface area contributed by atoms with Gasteiger partial charge in [-0.25, -0.2) is 17.5 Å². The van der Waals surface area contributed by atoms with Gasteiger partial charge in [0.05, 0.1) is 11.4 Å². The van der Waals surface area contributed by atoms with E-state index < -0.39 is 32.4 Å². The van der Waals surface area contributed by atoms with Crippen LogP contribution < -0.4 is 0 Å². The lowest BCUT2D eigenvalue weighted by Gasteiger charge is -2.10. The monoisotopic (exact) mass is 540 g/mol. The summed E-state index contributed by atoms with van der Waals surface area (Å²) in [7, 11) is -3.82. The number of aromatic nitrogens is 2.